The lowest BCUT2D eigenvalue weighted by molar-refractivity contribution is 0.103. The second-order valence-corrected chi connectivity index (χ2v) is 7.34. The van der Waals surface area contributed by atoms with Crippen LogP contribution in [0.3, 0.4) is 0 Å². The van der Waals surface area contributed by atoms with Gasteiger partial charge in [-0.25, -0.2) is 4.98 Å². The number of hydrogen-bond acceptors (Lipinski definition) is 6. The number of benzene rings is 1. The van der Waals surface area contributed by atoms with E-state index in [9.17, 15) is 4.79 Å². The van der Waals surface area contributed by atoms with Gasteiger partial charge in [0.05, 0.1) is 14.2 Å². The molecular weight excluding hydrogens is 378 g/mol. The summed E-state index contributed by atoms with van der Waals surface area (Å²) in [7, 11) is 3.37. The standard InChI is InChI=1S/C24H25N3O3/c1-29-19-10-11-22(30-2)20(14-19)18-7-5-13-27(16-18)23-9-3-8-21(26-23)24(28)17-6-4-12-25-15-17/h3-4,6,8-12,14-15,18H,5,7,13,16H2,1-2H3. The molecule has 1 aliphatic rings. The number of rotatable bonds is 6. The number of hydrogen-bond donors (Lipinski definition) is 0. The Balaban J connectivity index is 1.58. The number of piperidine rings is 1. The number of ketones is 1. The summed E-state index contributed by atoms with van der Waals surface area (Å²) < 4.78 is 11.0. The highest BCUT2D eigenvalue weighted by Crippen LogP contribution is 2.36. The van der Waals surface area contributed by atoms with Gasteiger partial charge in [0, 0.05) is 42.5 Å². The Kier molecular flexibility index (Phi) is 5.93. The number of anilines is 1. The molecule has 1 saturated heterocycles. The molecule has 1 unspecified atom stereocenters. The Labute approximate surface area is 176 Å². The van der Waals surface area contributed by atoms with Crippen LogP contribution in [0.25, 0.3) is 0 Å². The average Bonchev–Trinajstić information content (AvgIpc) is 2.84. The van der Waals surface area contributed by atoms with Crippen LogP contribution in [0, 0.1) is 0 Å². The average molecular weight is 403 g/mol. The van der Waals surface area contributed by atoms with Crippen molar-refractivity contribution in [3.63, 3.8) is 0 Å². The van der Waals surface area contributed by atoms with Gasteiger partial charge in [-0.3, -0.25) is 9.78 Å². The lowest BCUT2D eigenvalue weighted by Gasteiger charge is -2.34. The number of aromatic nitrogens is 2. The van der Waals surface area contributed by atoms with Crippen molar-refractivity contribution in [2.45, 2.75) is 18.8 Å². The monoisotopic (exact) mass is 403 g/mol. The van der Waals surface area contributed by atoms with Gasteiger partial charge in [-0.15, -0.1) is 0 Å². The summed E-state index contributed by atoms with van der Waals surface area (Å²) >= 11 is 0. The van der Waals surface area contributed by atoms with E-state index in [2.05, 4.69) is 20.9 Å². The molecule has 154 valence electrons. The van der Waals surface area contributed by atoms with Crippen LogP contribution in [-0.2, 0) is 0 Å². The third-order valence-electron chi connectivity index (χ3n) is 5.51. The fourth-order valence-electron chi connectivity index (χ4n) is 3.97. The first-order valence-corrected chi connectivity index (χ1v) is 10.1. The Bertz CT molecular complexity index is 1020. The van der Waals surface area contributed by atoms with Crippen LogP contribution in [0.4, 0.5) is 5.82 Å². The third kappa shape index (κ3) is 4.13. The van der Waals surface area contributed by atoms with Gasteiger partial charge in [0.25, 0.3) is 0 Å². The molecule has 0 spiro atoms. The van der Waals surface area contributed by atoms with Crippen molar-refractivity contribution in [2.75, 3.05) is 32.2 Å². The van der Waals surface area contributed by atoms with E-state index >= 15 is 0 Å². The summed E-state index contributed by atoms with van der Waals surface area (Å²) in [5.74, 6) is 2.69. The smallest absolute Gasteiger partial charge is 0.212 e. The largest absolute Gasteiger partial charge is 0.497 e. The Morgan fingerprint density at radius 3 is 2.77 bits per heavy atom. The zero-order valence-electron chi connectivity index (χ0n) is 17.2. The summed E-state index contributed by atoms with van der Waals surface area (Å²) in [5, 5.41) is 0. The number of carbonyl (C=O) groups is 1. The first-order chi connectivity index (χ1) is 14.7. The predicted molar refractivity (Wildman–Crippen MR) is 116 cm³/mol. The van der Waals surface area contributed by atoms with Crippen LogP contribution >= 0.6 is 0 Å². The van der Waals surface area contributed by atoms with Crippen molar-refractivity contribution in [2.24, 2.45) is 0 Å². The molecular formula is C24H25N3O3. The lowest BCUT2D eigenvalue weighted by Crippen LogP contribution is -2.35. The van der Waals surface area contributed by atoms with Crippen molar-refractivity contribution in [3.8, 4) is 11.5 Å². The number of nitrogens with zero attached hydrogens (tertiary/aromatic N) is 3. The molecule has 0 aliphatic carbocycles. The second kappa shape index (κ2) is 8.95. The molecule has 3 heterocycles. The first kappa shape index (κ1) is 19.9. The first-order valence-electron chi connectivity index (χ1n) is 10.1. The summed E-state index contributed by atoms with van der Waals surface area (Å²) in [6.07, 6.45) is 5.33. The van der Waals surface area contributed by atoms with Crippen LogP contribution in [0.2, 0.25) is 0 Å². The van der Waals surface area contributed by atoms with Crippen molar-refractivity contribution in [1.82, 2.24) is 9.97 Å². The van der Waals surface area contributed by atoms with E-state index in [1.54, 1.807) is 44.8 Å². The van der Waals surface area contributed by atoms with E-state index in [-0.39, 0.29) is 5.78 Å². The van der Waals surface area contributed by atoms with E-state index in [1.165, 1.54) is 0 Å². The minimum atomic E-state index is -0.118. The van der Waals surface area contributed by atoms with Gasteiger partial charge < -0.3 is 14.4 Å². The summed E-state index contributed by atoms with van der Waals surface area (Å²) in [5.41, 5.74) is 2.12. The minimum Gasteiger partial charge on any atom is -0.497 e. The van der Waals surface area contributed by atoms with Crippen LogP contribution in [0.5, 0.6) is 11.5 Å². The second-order valence-electron chi connectivity index (χ2n) is 7.34. The van der Waals surface area contributed by atoms with Gasteiger partial charge in [-0.2, -0.15) is 0 Å². The number of methoxy groups -OCH3 is 2. The van der Waals surface area contributed by atoms with Gasteiger partial charge >= 0.3 is 0 Å². The molecule has 0 amide bonds. The van der Waals surface area contributed by atoms with Crippen LogP contribution in [0.1, 0.15) is 40.4 Å². The molecule has 0 N–H and O–H groups in total. The molecule has 3 aromatic rings. The van der Waals surface area contributed by atoms with E-state index in [4.69, 9.17) is 9.47 Å². The van der Waals surface area contributed by atoms with E-state index in [1.807, 2.05) is 24.3 Å². The number of carbonyl (C=O) groups excluding carboxylic acids is 1. The minimum absolute atomic E-state index is 0.118. The van der Waals surface area contributed by atoms with Crippen molar-refractivity contribution in [3.05, 3.63) is 77.7 Å². The highest BCUT2D eigenvalue weighted by atomic mass is 16.5. The maximum absolute atomic E-state index is 12.8. The highest BCUT2D eigenvalue weighted by Gasteiger charge is 2.25. The van der Waals surface area contributed by atoms with Crippen LogP contribution in [0.15, 0.2) is 60.9 Å². The summed E-state index contributed by atoms with van der Waals surface area (Å²) in [6.45, 7) is 1.71. The molecule has 0 radical (unpaired) electrons. The van der Waals surface area contributed by atoms with Gasteiger partial charge in [0.15, 0.2) is 0 Å². The quantitative estimate of drug-likeness (QED) is 0.577. The molecule has 1 aliphatic heterocycles. The maximum Gasteiger partial charge on any atom is 0.212 e. The third-order valence-corrected chi connectivity index (χ3v) is 5.51. The van der Waals surface area contributed by atoms with E-state index < -0.39 is 0 Å². The van der Waals surface area contributed by atoms with Crippen LogP contribution in [-0.4, -0.2) is 43.1 Å². The SMILES string of the molecule is COc1ccc(OC)c(C2CCCN(c3cccc(C(=O)c4cccnc4)n3)C2)c1. The van der Waals surface area contributed by atoms with Crippen molar-refractivity contribution in [1.29, 1.82) is 0 Å². The van der Waals surface area contributed by atoms with Crippen LogP contribution < -0.4 is 14.4 Å². The van der Waals surface area contributed by atoms with Gasteiger partial charge in [0.1, 0.15) is 23.0 Å². The van der Waals surface area contributed by atoms with Gasteiger partial charge in [-0.1, -0.05) is 6.07 Å². The molecule has 2 aromatic heterocycles. The molecule has 0 bridgehead atoms. The Morgan fingerprint density at radius 1 is 1.10 bits per heavy atom. The Hall–Kier alpha value is -3.41. The number of pyridine rings is 2. The molecule has 0 saturated carbocycles. The van der Waals surface area contributed by atoms with Crippen molar-refractivity contribution >= 4 is 11.6 Å². The highest BCUT2D eigenvalue weighted by molar-refractivity contribution is 6.07. The zero-order chi connectivity index (χ0) is 20.9. The van der Waals surface area contributed by atoms with Crippen molar-refractivity contribution < 1.29 is 14.3 Å². The fraction of sp³-hybridized carbons (Fsp3) is 0.292. The fourth-order valence-corrected chi connectivity index (χ4v) is 3.97. The van der Waals surface area contributed by atoms with E-state index in [0.29, 0.717) is 17.2 Å². The van der Waals surface area contributed by atoms with E-state index in [0.717, 1.165) is 48.8 Å². The predicted octanol–water partition coefficient (Wildman–Crippen LogP) is 4.11. The topological polar surface area (TPSA) is 64.6 Å². The molecule has 1 atom stereocenters. The summed E-state index contributed by atoms with van der Waals surface area (Å²) in [6, 6.07) is 15.1. The number of ether oxygens (including phenoxy) is 2. The Morgan fingerprint density at radius 2 is 2.00 bits per heavy atom. The molecule has 4 rings (SSSR count). The van der Waals surface area contributed by atoms with Gasteiger partial charge in [-0.05, 0) is 55.3 Å². The molecule has 1 fully saturated rings. The molecule has 6 heteroatoms. The summed E-state index contributed by atoms with van der Waals surface area (Å²) in [4.78, 5) is 23.7. The molecule has 1 aromatic carbocycles. The van der Waals surface area contributed by atoms with Gasteiger partial charge in [0.2, 0.25) is 5.78 Å². The lowest BCUT2D eigenvalue weighted by atomic mass is 9.89. The maximum atomic E-state index is 12.8. The molecule has 6 nitrogen and oxygen atoms in total. The zero-order valence-corrected chi connectivity index (χ0v) is 17.2. The normalized spacial score (nSPS) is 16.2. The molecule has 30 heavy (non-hydrogen) atoms.